The number of ether oxygens (including phenoxy) is 1. The average Bonchev–Trinajstić information content (AvgIpc) is 2.74. The summed E-state index contributed by atoms with van der Waals surface area (Å²) >= 11 is 0. The van der Waals surface area contributed by atoms with E-state index < -0.39 is 9.85 Å². The third-order valence-electron chi connectivity index (χ3n) is 3.13. The van der Waals surface area contributed by atoms with Crippen molar-refractivity contribution in [2.75, 3.05) is 6.61 Å². The number of nitro groups is 2. The fraction of sp³-hybridized carbons (Fsp3) is 0.308. The standard InChI is InChI=1S/C13H14N4O5/c1-9-13(17(20)21)10(2)15(14-9)6-7-22-12-5-3-4-11(8-12)16(18)19/h3-5,8H,6-7H2,1-2H3. The van der Waals surface area contributed by atoms with Crippen molar-refractivity contribution in [3.63, 3.8) is 0 Å². The highest BCUT2D eigenvalue weighted by molar-refractivity contribution is 5.39. The van der Waals surface area contributed by atoms with Crippen molar-refractivity contribution in [3.8, 4) is 5.75 Å². The molecule has 0 N–H and O–H groups in total. The van der Waals surface area contributed by atoms with Crippen LogP contribution in [0.2, 0.25) is 0 Å². The van der Waals surface area contributed by atoms with Crippen LogP contribution in [0.15, 0.2) is 24.3 Å². The van der Waals surface area contributed by atoms with Crippen molar-refractivity contribution in [1.82, 2.24) is 9.78 Å². The molecule has 0 fully saturated rings. The molecule has 0 unspecified atom stereocenters. The molecule has 1 aromatic carbocycles. The normalized spacial score (nSPS) is 10.5. The van der Waals surface area contributed by atoms with Crippen molar-refractivity contribution >= 4 is 11.4 Å². The Kier molecular flexibility index (Phi) is 4.35. The highest BCUT2D eigenvalue weighted by Crippen LogP contribution is 2.22. The molecule has 22 heavy (non-hydrogen) atoms. The summed E-state index contributed by atoms with van der Waals surface area (Å²) in [6, 6.07) is 5.83. The fourth-order valence-electron chi connectivity index (χ4n) is 2.11. The summed E-state index contributed by atoms with van der Waals surface area (Å²) in [5.41, 5.74) is 0.734. The fourth-order valence-corrected chi connectivity index (χ4v) is 2.11. The van der Waals surface area contributed by atoms with Gasteiger partial charge in [-0.05, 0) is 19.9 Å². The maximum Gasteiger partial charge on any atom is 0.312 e. The molecule has 1 aromatic heterocycles. The van der Waals surface area contributed by atoms with E-state index in [1.54, 1.807) is 19.9 Å². The SMILES string of the molecule is Cc1nn(CCOc2cccc([N+](=O)[O-])c2)c(C)c1[N+](=O)[O-]. The van der Waals surface area contributed by atoms with Gasteiger partial charge >= 0.3 is 5.69 Å². The summed E-state index contributed by atoms with van der Waals surface area (Å²) in [7, 11) is 0. The molecular weight excluding hydrogens is 292 g/mol. The molecule has 2 rings (SSSR count). The van der Waals surface area contributed by atoms with E-state index in [0.717, 1.165) is 0 Å². The number of hydrogen-bond acceptors (Lipinski definition) is 6. The van der Waals surface area contributed by atoms with E-state index in [1.807, 2.05) is 0 Å². The van der Waals surface area contributed by atoms with Crippen molar-refractivity contribution in [3.05, 3.63) is 55.9 Å². The topological polar surface area (TPSA) is 113 Å². The van der Waals surface area contributed by atoms with Crippen LogP contribution in [0.1, 0.15) is 11.4 Å². The first kappa shape index (κ1) is 15.4. The molecule has 9 heteroatoms. The molecule has 0 saturated heterocycles. The van der Waals surface area contributed by atoms with Gasteiger partial charge in [0.05, 0.1) is 22.5 Å². The minimum atomic E-state index is -0.503. The van der Waals surface area contributed by atoms with E-state index in [0.29, 0.717) is 23.7 Å². The highest BCUT2D eigenvalue weighted by atomic mass is 16.6. The Labute approximate surface area is 125 Å². The Morgan fingerprint density at radius 1 is 1.23 bits per heavy atom. The zero-order valence-corrected chi connectivity index (χ0v) is 12.1. The lowest BCUT2D eigenvalue weighted by Gasteiger charge is -2.07. The number of nitro benzene ring substituents is 1. The van der Waals surface area contributed by atoms with Gasteiger partial charge in [0.15, 0.2) is 0 Å². The summed E-state index contributed by atoms with van der Waals surface area (Å²) in [5, 5.41) is 25.7. The van der Waals surface area contributed by atoms with Crippen molar-refractivity contribution in [2.24, 2.45) is 0 Å². The van der Waals surface area contributed by atoms with Crippen molar-refractivity contribution in [2.45, 2.75) is 20.4 Å². The molecular formula is C13H14N4O5. The van der Waals surface area contributed by atoms with Gasteiger partial charge in [-0.25, -0.2) is 0 Å². The quantitative estimate of drug-likeness (QED) is 0.598. The Morgan fingerprint density at radius 2 is 1.95 bits per heavy atom. The maximum absolute atomic E-state index is 10.9. The Morgan fingerprint density at radius 3 is 2.55 bits per heavy atom. The van der Waals surface area contributed by atoms with E-state index in [-0.39, 0.29) is 18.0 Å². The molecule has 0 aliphatic rings. The van der Waals surface area contributed by atoms with Crippen LogP contribution in [0.3, 0.4) is 0 Å². The summed E-state index contributed by atoms with van der Waals surface area (Å²) in [4.78, 5) is 20.6. The van der Waals surface area contributed by atoms with Crippen LogP contribution in [0, 0.1) is 34.1 Å². The Hall–Kier alpha value is -2.97. The van der Waals surface area contributed by atoms with Gasteiger partial charge in [0.2, 0.25) is 0 Å². The molecule has 9 nitrogen and oxygen atoms in total. The first-order chi connectivity index (χ1) is 10.4. The highest BCUT2D eigenvalue weighted by Gasteiger charge is 2.21. The van der Waals surface area contributed by atoms with Crippen LogP contribution in [-0.4, -0.2) is 26.2 Å². The molecule has 0 saturated carbocycles. The van der Waals surface area contributed by atoms with Gasteiger partial charge in [0.25, 0.3) is 5.69 Å². The van der Waals surface area contributed by atoms with Gasteiger partial charge in [-0.1, -0.05) is 6.07 Å². The number of aromatic nitrogens is 2. The van der Waals surface area contributed by atoms with Gasteiger partial charge in [0, 0.05) is 6.07 Å². The summed E-state index contributed by atoms with van der Waals surface area (Å²) < 4.78 is 6.92. The van der Waals surface area contributed by atoms with Gasteiger partial charge in [0.1, 0.15) is 23.7 Å². The van der Waals surface area contributed by atoms with Crippen LogP contribution in [-0.2, 0) is 6.54 Å². The molecule has 0 atom stereocenters. The lowest BCUT2D eigenvalue weighted by Crippen LogP contribution is -2.11. The van der Waals surface area contributed by atoms with Crippen LogP contribution >= 0.6 is 0 Å². The van der Waals surface area contributed by atoms with Crippen molar-refractivity contribution < 1.29 is 14.6 Å². The summed E-state index contributed by atoms with van der Waals surface area (Å²) in [6.45, 7) is 3.69. The van der Waals surface area contributed by atoms with Crippen LogP contribution in [0.5, 0.6) is 5.75 Å². The summed E-state index contributed by atoms with van der Waals surface area (Å²) in [5.74, 6) is 0.366. The minimum absolute atomic E-state index is 0.00431. The second-order valence-electron chi connectivity index (χ2n) is 4.60. The van der Waals surface area contributed by atoms with Gasteiger partial charge < -0.3 is 4.74 Å². The number of nitrogens with zero attached hydrogens (tertiary/aromatic N) is 4. The average molecular weight is 306 g/mol. The van der Waals surface area contributed by atoms with Crippen molar-refractivity contribution in [1.29, 1.82) is 0 Å². The Bertz CT molecular complexity index is 725. The van der Waals surface area contributed by atoms with Crippen LogP contribution in [0.25, 0.3) is 0 Å². The van der Waals surface area contributed by atoms with E-state index >= 15 is 0 Å². The number of rotatable bonds is 6. The third kappa shape index (κ3) is 3.19. The molecule has 0 radical (unpaired) electrons. The monoisotopic (exact) mass is 306 g/mol. The second-order valence-corrected chi connectivity index (χ2v) is 4.60. The molecule has 0 amide bonds. The van der Waals surface area contributed by atoms with E-state index in [9.17, 15) is 20.2 Å². The number of hydrogen-bond donors (Lipinski definition) is 0. The first-order valence-corrected chi connectivity index (χ1v) is 6.46. The third-order valence-corrected chi connectivity index (χ3v) is 3.13. The van der Waals surface area contributed by atoms with Crippen LogP contribution < -0.4 is 4.74 Å². The van der Waals surface area contributed by atoms with Gasteiger partial charge in [-0.2, -0.15) is 5.10 Å². The van der Waals surface area contributed by atoms with E-state index in [4.69, 9.17) is 4.74 Å². The van der Waals surface area contributed by atoms with Gasteiger partial charge in [-0.3, -0.25) is 24.9 Å². The molecule has 1 heterocycles. The predicted octanol–water partition coefficient (Wildman–Crippen LogP) is 2.40. The zero-order valence-electron chi connectivity index (χ0n) is 12.1. The molecule has 0 aliphatic carbocycles. The zero-order chi connectivity index (χ0) is 16.3. The molecule has 0 bridgehead atoms. The second kappa shape index (κ2) is 6.20. The molecule has 2 aromatic rings. The smallest absolute Gasteiger partial charge is 0.312 e. The van der Waals surface area contributed by atoms with Gasteiger partial charge in [-0.15, -0.1) is 0 Å². The largest absolute Gasteiger partial charge is 0.491 e. The summed E-state index contributed by atoms with van der Waals surface area (Å²) in [6.07, 6.45) is 0. The molecule has 116 valence electrons. The Balaban J connectivity index is 2.03. The minimum Gasteiger partial charge on any atom is -0.491 e. The maximum atomic E-state index is 10.9. The van der Waals surface area contributed by atoms with Crippen LogP contribution in [0.4, 0.5) is 11.4 Å². The number of non-ortho nitro benzene ring substituents is 1. The number of benzene rings is 1. The molecule has 0 aliphatic heterocycles. The lowest BCUT2D eigenvalue weighted by molar-refractivity contribution is -0.386. The molecule has 0 spiro atoms. The number of aryl methyl sites for hydroxylation is 1. The van der Waals surface area contributed by atoms with E-state index in [2.05, 4.69) is 5.10 Å². The first-order valence-electron chi connectivity index (χ1n) is 6.46. The lowest BCUT2D eigenvalue weighted by atomic mass is 10.3. The predicted molar refractivity (Wildman–Crippen MR) is 76.9 cm³/mol. The van der Waals surface area contributed by atoms with E-state index in [1.165, 1.54) is 22.9 Å².